The Labute approximate surface area is 153 Å². The molecule has 2 aromatic rings. The Kier molecular flexibility index (Phi) is 4.92. The van der Waals surface area contributed by atoms with E-state index in [-0.39, 0.29) is 24.2 Å². The molecular weight excluding hydrogens is 361 g/mol. The van der Waals surface area contributed by atoms with Crippen molar-refractivity contribution in [1.82, 2.24) is 15.3 Å². The molecule has 144 valence electrons. The van der Waals surface area contributed by atoms with E-state index in [1.165, 1.54) is 24.5 Å². The Morgan fingerprint density at radius 3 is 2.41 bits per heavy atom. The van der Waals surface area contributed by atoms with Crippen LogP contribution in [0.25, 0.3) is 0 Å². The van der Waals surface area contributed by atoms with E-state index in [0.29, 0.717) is 17.7 Å². The summed E-state index contributed by atoms with van der Waals surface area (Å²) in [6.45, 7) is 1.87. The van der Waals surface area contributed by atoms with Gasteiger partial charge in [0.25, 0.3) is 5.91 Å². The van der Waals surface area contributed by atoms with Gasteiger partial charge in [-0.3, -0.25) is 9.78 Å². The van der Waals surface area contributed by atoms with Crippen LogP contribution in [0.4, 0.5) is 13.2 Å². The summed E-state index contributed by atoms with van der Waals surface area (Å²) < 4.78 is 38.3. The molecule has 1 aliphatic heterocycles. The van der Waals surface area contributed by atoms with Gasteiger partial charge in [0.05, 0.1) is 35.3 Å². The van der Waals surface area contributed by atoms with E-state index in [9.17, 15) is 23.1 Å². The smallest absolute Gasteiger partial charge is 0.385 e. The predicted molar refractivity (Wildman–Crippen MR) is 90.5 cm³/mol. The molecule has 1 aliphatic rings. The van der Waals surface area contributed by atoms with Crippen molar-refractivity contribution < 1.29 is 23.1 Å². The standard InChI is InChI=1S/C18H19F3N4O2/c1-10-6-17(27,11-2-4-12(5-3-11)18(19,20)21)7-13(25-10)14-8-24-15(9-23-14)16(22)26/h2-5,8-10,13,25,27H,6-7H2,1H3,(H2,22,26)/t10-,13-,17?/m0/s1. The second-order valence-corrected chi connectivity index (χ2v) is 6.83. The number of carbonyl (C=O) groups is 1. The molecule has 3 rings (SSSR count). The predicted octanol–water partition coefficient (Wildman–Crippen LogP) is 2.30. The first-order valence-electron chi connectivity index (χ1n) is 8.36. The topological polar surface area (TPSA) is 101 Å². The molecule has 6 nitrogen and oxygen atoms in total. The third kappa shape index (κ3) is 4.09. The van der Waals surface area contributed by atoms with Crippen LogP contribution >= 0.6 is 0 Å². The minimum atomic E-state index is -4.43. The minimum Gasteiger partial charge on any atom is -0.385 e. The second kappa shape index (κ2) is 6.90. The fourth-order valence-electron chi connectivity index (χ4n) is 3.43. The van der Waals surface area contributed by atoms with E-state index in [1.54, 1.807) is 0 Å². The third-order valence-electron chi connectivity index (χ3n) is 4.70. The van der Waals surface area contributed by atoms with Crippen LogP contribution in [0.15, 0.2) is 36.7 Å². The quantitative estimate of drug-likeness (QED) is 0.759. The summed E-state index contributed by atoms with van der Waals surface area (Å²) in [5.41, 5.74) is 4.02. The number of alkyl halides is 3. The maximum Gasteiger partial charge on any atom is 0.416 e. The van der Waals surface area contributed by atoms with Crippen LogP contribution in [0.1, 0.15) is 53.1 Å². The maximum absolute atomic E-state index is 12.8. The molecule has 9 heteroatoms. The van der Waals surface area contributed by atoms with E-state index in [4.69, 9.17) is 5.73 Å². The highest BCUT2D eigenvalue weighted by atomic mass is 19.4. The number of aliphatic hydroxyl groups is 1. The number of halogens is 3. The highest BCUT2D eigenvalue weighted by Crippen LogP contribution is 2.40. The molecule has 0 saturated carbocycles. The number of carbonyl (C=O) groups excluding carboxylic acids is 1. The summed E-state index contributed by atoms with van der Waals surface area (Å²) in [4.78, 5) is 19.2. The first kappa shape index (κ1) is 19.2. The molecule has 0 spiro atoms. The van der Waals surface area contributed by atoms with Crippen molar-refractivity contribution in [2.75, 3.05) is 0 Å². The molecule has 2 heterocycles. The first-order valence-corrected chi connectivity index (χ1v) is 8.36. The highest BCUT2D eigenvalue weighted by Gasteiger charge is 2.40. The summed E-state index contributed by atoms with van der Waals surface area (Å²) in [6.07, 6.45) is -1.23. The number of nitrogens with zero attached hydrogens (tertiary/aromatic N) is 2. The molecule has 4 N–H and O–H groups in total. The van der Waals surface area contributed by atoms with Gasteiger partial charge in [-0.05, 0) is 31.0 Å². The van der Waals surface area contributed by atoms with Gasteiger partial charge in [-0.2, -0.15) is 13.2 Å². The Balaban J connectivity index is 1.86. The molecule has 1 aromatic carbocycles. The number of amides is 1. The molecule has 0 aliphatic carbocycles. The summed E-state index contributed by atoms with van der Waals surface area (Å²) in [5, 5.41) is 14.4. The lowest BCUT2D eigenvalue weighted by Gasteiger charge is -2.41. The van der Waals surface area contributed by atoms with Crippen LogP contribution in [0.5, 0.6) is 0 Å². The van der Waals surface area contributed by atoms with Crippen molar-refractivity contribution in [3.8, 4) is 0 Å². The fraction of sp³-hybridized carbons (Fsp3) is 0.389. The molecule has 0 radical (unpaired) electrons. The average Bonchev–Trinajstić information content (AvgIpc) is 2.60. The van der Waals surface area contributed by atoms with Crippen LogP contribution in [-0.2, 0) is 11.8 Å². The zero-order valence-corrected chi connectivity index (χ0v) is 14.5. The summed E-state index contributed by atoms with van der Waals surface area (Å²) in [7, 11) is 0. The third-order valence-corrected chi connectivity index (χ3v) is 4.70. The molecule has 1 aromatic heterocycles. The Morgan fingerprint density at radius 2 is 1.89 bits per heavy atom. The molecule has 1 fully saturated rings. The molecular formula is C18H19F3N4O2. The van der Waals surface area contributed by atoms with Crippen molar-refractivity contribution in [1.29, 1.82) is 0 Å². The van der Waals surface area contributed by atoms with Gasteiger partial charge in [-0.1, -0.05) is 12.1 Å². The van der Waals surface area contributed by atoms with E-state index in [1.807, 2.05) is 6.92 Å². The Bertz CT molecular complexity index is 824. The van der Waals surface area contributed by atoms with Gasteiger partial charge in [-0.25, -0.2) is 4.98 Å². The lowest BCUT2D eigenvalue weighted by Crippen LogP contribution is -2.47. The monoisotopic (exact) mass is 380 g/mol. The normalized spacial score (nSPS) is 26.0. The average molecular weight is 380 g/mol. The van der Waals surface area contributed by atoms with E-state index in [0.717, 1.165) is 12.1 Å². The van der Waals surface area contributed by atoms with E-state index in [2.05, 4.69) is 15.3 Å². The lowest BCUT2D eigenvalue weighted by molar-refractivity contribution is -0.137. The van der Waals surface area contributed by atoms with Gasteiger partial charge < -0.3 is 16.2 Å². The minimum absolute atomic E-state index is 0.0283. The Hall–Kier alpha value is -2.52. The van der Waals surface area contributed by atoms with Gasteiger partial charge in [0.2, 0.25) is 0 Å². The van der Waals surface area contributed by atoms with Crippen molar-refractivity contribution in [2.24, 2.45) is 5.73 Å². The number of piperidine rings is 1. The summed E-state index contributed by atoms with van der Waals surface area (Å²) in [6, 6.07) is 4.05. The summed E-state index contributed by atoms with van der Waals surface area (Å²) >= 11 is 0. The molecule has 3 atom stereocenters. The number of nitrogens with one attached hydrogen (secondary N) is 1. The number of primary amides is 1. The first-order chi connectivity index (χ1) is 12.6. The van der Waals surface area contributed by atoms with Crippen molar-refractivity contribution >= 4 is 5.91 Å². The van der Waals surface area contributed by atoms with Crippen molar-refractivity contribution in [2.45, 2.75) is 43.6 Å². The van der Waals surface area contributed by atoms with Crippen LogP contribution in [-0.4, -0.2) is 27.0 Å². The fourth-order valence-corrected chi connectivity index (χ4v) is 3.43. The maximum atomic E-state index is 12.8. The van der Waals surface area contributed by atoms with Crippen LogP contribution in [0.2, 0.25) is 0 Å². The molecule has 0 bridgehead atoms. The molecule has 1 saturated heterocycles. The SMILES string of the molecule is C[C@H]1CC(O)(c2ccc(C(F)(F)F)cc2)C[C@@H](c2cnc(C(N)=O)cn2)N1. The van der Waals surface area contributed by atoms with Crippen LogP contribution in [0.3, 0.4) is 0 Å². The van der Waals surface area contributed by atoms with Crippen LogP contribution < -0.4 is 11.1 Å². The van der Waals surface area contributed by atoms with E-state index < -0.39 is 23.2 Å². The number of hydrogen-bond donors (Lipinski definition) is 3. The molecule has 1 unspecified atom stereocenters. The lowest BCUT2D eigenvalue weighted by atomic mass is 9.78. The van der Waals surface area contributed by atoms with Crippen LogP contribution in [0, 0.1) is 0 Å². The number of rotatable bonds is 3. The Morgan fingerprint density at radius 1 is 1.22 bits per heavy atom. The zero-order valence-electron chi connectivity index (χ0n) is 14.5. The number of aromatic nitrogens is 2. The second-order valence-electron chi connectivity index (χ2n) is 6.83. The van der Waals surface area contributed by atoms with E-state index >= 15 is 0 Å². The number of benzene rings is 1. The van der Waals surface area contributed by atoms with Gasteiger partial charge in [0.1, 0.15) is 5.69 Å². The largest absolute Gasteiger partial charge is 0.416 e. The number of nitrogens with two attached hydrogens (primary N) is 1. The van der Waals surface area contributed by atoms with Gasteiger partial charge in [0.15, 0.2) is 0 Å². The van der Waals surface area contributed by atoms with Gasteiger partial charge in [0, 0.05) is 12.5 Å². The van der Waals surface area contributed by atoms with Crippen molar-refractivity contribution in [3.05, 3.63) is 59.2 Å². The number of hydrogen-bond acceptors (Lipinski definition) is 5. The van der Waals surface area contributed by atoms with Crippen molar-refractivity contribution in [3.63, 3.8) is 0 Å². The molecule has 1 amide bonds. The molecule has 27 heavy (non-hydrogen) atoms. The summed E-state index contributed by atoms with van der Waals surface area (Å²) in [5.74, 6) is -0.694. The van der Waals surface area contributed by atoms with Gasteiger partial charge in [-0.15, -0.1) is 0 Å². The van der Waals surface area contributed by atoms with Gasteiger partial charge >= 0.3 is 6.18 Å². The zero-order chi connectivity index (χ0) is 19.8. The highest BCUT2D eigenvalue weighted by molar-refractivity contribution is 5.90.